The van der Waals surface area contributed by atoms with Gasteiger partial charge < -0.3 is 0 Å². The smallest absolute Gasteiger partial charge is 0.293 e. The second-order valence-electron chi connectivity index (χ2n) is 5.33. The Morgan fingerprint density at radius 1 is 1.04 bits per heavy atom. The van der Waals surface area contributed by atoms with Gasteiger partial charge in [0, 0.05) is 12.5 Å². The molecule has 0 bridgehead atoms. The number of hydrogen-bond acceptors (Lipinski definition) is 6. The number of halogens is 3. The second kappa shape index (κ2) is 8.76. The summed E-state index contributed by atoms with van der Waals surface area (Å²) in [6.45, 7) is 1.30. The highest BCUT2D eigenvalue weighted by Crippen LogP contribution is 2.29. The number of Topliss-reactive ketones (excluding diaryl/α,β-unsaturated/α-hetero) is 1. The zero-order chi connectivity index (χ0) is 20.9. The van der Waals surface area contributed by atoms with E-state index in [4.69, 9.17) is 0 Å². The van der Waals surface area contributed by atoms with Crippen molar-refractivity contribution >= 4 is 38.4 Å². The van der Waals surface area contributed by atoms with E-state index in [1.165, 1.54) is 25.1 Å². The van der Waals surface area contributed by atoms with E-state index >= 15 is 0 Å². The van der Waals surface area contributed by atoms with Crippen molar-refractivity contribution in [3.63, 3.8) is 0 Å². The predicted octanol–water partition coefficient (Wildman–Crippen LogP) is 3.80. The van der Waals surface area contributed by atoms with Crippen LogP contribution in [0.15, 0.2) is 59.5 Å². The molecule has 150 valence electrons. The highest BCUT2D eigenvalue weighted by atomic mass is 32.2. The number of sulfonamides is 1. The first kappa shape index (κ1) is 21.9. The molecule has 2 aromatic rings. The molecule has 0 radical (unpaired) electrons. The van der Waals surface area contributed by atoms with Gasteiger partial charge in [0.2, 0.25) is 0 Å². The topological polar surface area (TPSA) is 80.8 Å². The summed E-state index contributed by atoms with van der Waals surface area (Å²) < 4.78 is 63.4. The molecule has 0 aliphatic rings. The fraction of sp³-hybridized carbons (Fsp3) is 0.176. The molecule has 0 aliphatic heterocycles. The maximum absolute atomic E-state index is 12.8. The van der Waals surface area contributed by atoms with Crippen molar-refractivity contribution in [3.05, 3.63) is 60.2 Å². The van der Waals surface area contributed by atoms with Crippen LogP contribution >= 0.6 is 11.8 Å². The number of anilines is 1. The molecular weight excluding hydrogens is 419 g/mol. The van der Waals surface area contributed by atoms with Crippen molar-refractivity contribution in [3.8, 4) is 0 Å². The lowest BCUT2D eigenvalue weighted by Gasteiger charge is -2.24. The summed E-state index contributed by atoms with van der Waals surface area (Å²) in [5.41, 5.74) is -0.228. The summed E-state index contributed by atoms with van der Waals surface area (Å²) in [5.74, 6) is -0.551. The van der Waals surface area contributed by atoms with Crippen LogP contribution in [-0.2, 0) is 19.7 Å². The monoisotopic (exact) mass is 433 g/mol. The van der Waals surface area contributed by atoms with Gasteiger partial charge >= 0.3 is 6.36 Å². The van der Waals surface area contributed by atoms with Crippen molar-refractivity contribution in [2.75, 3.05) is 10.2 Å². The first-order valence-corrected chi connectivity index (χ1v) is 10.1. The lowest BCUT2D eigenvalue weighted by molar-refractivity contribution is -0.322. The van der Waals surface area contributed by atoms with Crippen molar-refractivity contribution < 1.29 is 36.0 Å². The fourth-order valence-corrected chi connectivity index (χ4v) is 3.80. The molecule has 0 saturated heterocycles. The Morgan fingerprint density at radius 3 is 2.11 bits per heavy atom. The number of alkyl halides is 3. The average molecular weight is 433 g/mol. The molecule has 28 heavy (non-hydrogen) atoms. The molecule has 11 heteroatoms. The Morgan fingerprint density at radius 2 is 1.61 bits per heavy atom. The summed E-state index contributed by atoms with van der Waals surface area (Å²) in [6, 6.07) is 10.8. The number of para-hydroxylation sites is 1. The Kier molecular flexibility index (Phi) is 6.86. The normalized spacial score (nSPS) is 11.9. The number of carbonyl (C=O) groups excluding carboxylic acids is 2. The van der Waals surface area contributed by atoms with Crippen molar-refractivity contribution in [1.29, 1.82) is 0 Å². The van der Waals surface area contributed by atoms with Gasteiger partial charge in [0.25, 0.3) is 10.0 Å². The Bertz CT molecular complexity index is 945. The van der Waals surface area contributed by atoms with Gasteiger partial charge in [-0.2, -0.15) is 13.3 Å². The third-order valence-electron chi connectivity index (χ3n) is 3.25. The van der Waals surface area contributed by atoms with Crippen LogP contribution in [-0.4, -0.2) is 31.4 Å². The lowest BCUT2D eigenvalue weighted by Crippen LogP contribution is -2.36. The molecule has 0 amide bonds. The summed E-state index contributed by atoms with van der Waals surface area (Å²) in [4.78, 5) is 26.1. The number of rotatable bonds is 7. The van der Waals surface area contributed by atoms with Gasteiger partial charge in [0.05, 0.1) is 16.3 Å². The van der Waals surface area contributed by atoms with E-state index in [0.717, 1.165) is 48.2 Å². The summed E-state index contributed by atoms with van der Waals surface area (Å²) in [5, 5.41) is -0.254. The number of hydrogen-bond donors (Lipinski definition) is 0. The van der Waals surface area contributed by atoms with Gasteiger partial charge in [0.1, 0.15) is 0 Å². The average Bonchev–Trinajstić information content (AvgIpc) is 2.64. The molecule has 6 nitrogen and oxygen atoms in total. The van der Waals surface area contributed by atoms with E-state index in [9.17, 15) is 31.2 Å². The largest absolute Gasteiger partial charge is 0.544 e. The molecule has 0 atom stereocenters. The summed E-state index contributed by atoms with van der Waals surface area (Å²) in [6.07, 6.45) is -5.25. The number of carbonyl (C=O) groups is 2. The van der Waals surface area contributed by atoms with Crippen LogP contribution in [0.5, 0.6) is 0 Å². The van der Waals surface area contributed by atoms with Crippen LogP contribution in [0, 0.1) is 0 Å². The van der Waals surface area contributed by atoms with Crippen molar-refractivity contribution in [1.82, 2.24) is 0 Å². The predicted molar refractivity (Wildman–Crippen MR) is 97.2 cm³/mol. The molecule has 0 spiro atoms. The molecule has 0 heterocycles. The van der Waals surface area contributed by atoms with Gasteiger partial charge in [-0.15, -0.1) is 17.6 Å². The van der Waals surface area contributed by atoms with Crippen LogP contribution in [0.25, 0.3) is 0 Å². The van der Waals surface area contributed by atoms with Gasteiger partial charge in [0.15, 0.2) is 10.9 Å². The maximum Gasteiger partial charge on any atom is 0.544 e. The Balaban J connectivity index is 2.34. The van der Waals surface area contributed by atoms with Gasteiger partial charge in [-0.25, -0.2) is 0 Å². The van der Waals surface area contributed by atoms with Gasteiger partial charge in [-0.3, -0.25) is 9.59 Å². The van der Waals surface area contributed by atoms with Gasteiger partial charge in [-0.1, -0.05) is 42.1 Å². The highest BCUT2D eigenvalue weighted by Gasteiger charge is 2.39. The van der Waals surface area contributed by atoms with Crippen LogP contribution in [0.1, 0.15) is 17.3 Å². The lowest BCUT2D eigenvalue weighted by atomic mass is 10.1. The van der Waals surface area contributed by atoms with E-state index in [1.54, 1.807) is 0 Å². The molecular formula is C17H14F3NO5S2. The van der Waals surface area contributed by atoms with Crippen LogP contribution in [0.3, 0.4) is 0 Å². The van der Waals surface area contributed by atoms with E-state index in [2.05, 4.69) is 4.84 Å². The number of benzene rings is 2. The van der Waals surface area contributed by atoms with Crippen molar-refractivity contribution in [2.45, 2.75) is 18.2 Å². The second-order valence-corrected chi connectivity index (χ2v) is 8.24. The minimum atomic E-state index is -5.25. The Labute approximate surface area is 163 Å². The molecule has 0 aromatic heterocycles. The molecule has 0 N–H and O–H groups in total. The minimum absolute atomic E-state index is 0.121. The third kappa shape index (κ3) is 5.81. The van der Waals surface area contributed by atoms with E-state index in [1.807, 2.05) is 0 Å². The summed E-state index contributed by atoms with van der Waals surface area (Å²) in [7, 11) is -4.74. The van der Waals surface area contributed by atoms with E-state index in [-0.39, 0.29) is 26.6 Å². The fourth-order valence-electron chi connectivity index (χ4n) is 2.04. The minimum Gasteiger partial charge on any atom is -0.293 e. The van der Waals surface area contributed by atoms with E-state index in [0.29, 0.717) is 0 Å². The zero-order valence-corrected chi connectivity index (χ0v) is 16.0. The quantitative estimate of drug-likeness (QED) is 0.488. The van der Waals surface area contributed by atoms with E-state index < -0.39 is 27.1 Å². The maximum atomic E-state index is 12.8. The highest BCUT2D eigenvalue weighted by molar-refractivity contribution is 8.14. The van der Waals surface area contributed by atoms with Crippen LogP contribution in [0.4, 0.5) is 18.9 Å². The first-order valence-electron chi connectivity index (χ1n) is 7.63. The Hall–Kier alpha value is -2.37. The molecule has 0 aliphatic carbocycles. The third-order valence-corrected chi connectivity index (χ3v) is 5.66. The van der Waals surface area contributed by atoms with Crippen LogP contribution in [0.2, 0.25) is 0 Å². The summed E-state index contributed by atoms with van der Waals surface area (Å²) >= 11 is 0.793. The number of ketones is 1. The molecule has 2 rings (SSSR count). The standard InChI is InChI=1S/C17H14F3NO5S2/c1-12(22)27-11-16(23)13-7-9-15(10-8-13)28(24,25)21(26-17(18,19)20)14-5-3-2-4-6-14/h2-10H,11H2,1H3. The van der Waals surface area contributed by atoms with Crippen molar-refractivity contribution in [2.24, 2.45) is 0 Å². The number of thioether (sulfide) groups is 1. The molecule has 0 saturated carbocycles. The SMILES string of the molecule is CC(=O)SCC(=O)c1ccc(S(=O)(=O)N(OC(F)(F)F)c2ccccc2)cc1. The molecule has 2 aromatic carbocycles. The first-order chi connectivity index (χ1) is 13.0. The molecule has 0 unspecified atom stereocenters. The number of nitrogens with zero attached hydrogens (tertiary/aromatic N) is 1. The van der Waals surface area contributed by atoms with Crippen LogP contribution < -0.4 is 4.47 Å². The molecule has 0 fully saturated rings. The van der Waals surface area contributed by atoms with Gasteiger partial charge in [-0.05, 0) is 24.3 Å². The zero-order valence-electron chi connectivity index (χ0n) is 14.3.